The molecule has 0 amide bonds. The highest BCUT2D eigenvalue weighted by Crippen LogP contribution is 2.25. The Balaban J connectivity index is 2.26. The molecular weight excluding hydrogens is 298 g/mol. The van der Waals surface area contributed by atoms with Gasteiger partial charge in [-0.15, -0.1) is 11.6 Å². The number of aromatic nitrogens is 2. The largest absolute Gasteiger partial charge is 0.296 e. The first kappa shape index (κ1) is 13.4. The van der Waals surface area contributed by atoms with E-state index in [1.165, 1.54) is 6.07 Å². The fourth-order valence-electron chi connectivity index (χ4n) is 2.24. The Kier molecular flexibility index (Phi) is 3.64. The van der Waals surface area contributed by atoms with Crippen LogP contribution in [0.25, 0.3) is 16.7 Å². The molecule has 0 bridgehead atoms. The molecule has 0 aliphatic rings. The van der Waals surface area contributed by atoms with E-state index in [-0.39, 0.29) is 5.02 Å². The number of benzene rings is 2. The zero-order valence-corrected chi connectivity index (χ0v) is 12.0. The Bertz CT molecular complexity index is 768. The van der Waals surface area contributed by atoms with Crippen LogP contribution in [0.1, 0.15) is 5.82 Å². The van der Waals surface area contributed by atoms with Crippen LogP contribution in [0.15, 0.2) is 42.5 Å². The summed E-state index contributed by atoms with van der Waals surface area (Å²) in [6, 6.07) is 12.4. The summed E-state index contributed by atoms with van der Waals surface area (Å²) in [5.74, 6) is 0.876. The molecule has 1 aromatic heterocycles. The minimum atomic E-state index is -0.432. The van der Waals surface area contributed by atoms with E-state index in [1.54, 1.807) is 12.1 Å². The van der Waals surface area contributed by atoms with Crippen molar-refractivity contribution in [1.29, 1.82) is 0 Å². The van der Waals surface area contributed by atoms with Gasteiger partial charge in [0.25, 0.3) is 0 Å². The lowest BCUT2D eigenvalue weighted by atomic mass is 10.2. The van der Waals surface area contributed by atoms with Crippen LogP contribution < -0.4 is 0 Å². The van der Waals surface area contributed by atoms with E-state index in [0.717, 1.165) is 22.5 Å². The number of alkyl halides is 1. The molecule has 3 aromatic rings. The maximum Gasteiger partial charge on any atom is 0.141 e. The molecule has 0 fully saturated rings. The first-order chi connectivity index (χ1) is 9.70. The molecule has 1 heterocycles. The third-order valence-corrected chi connectivity index (χ3v) is 3.59. The monoisotopic (exact) mass is 308 g/mol. The van der Waals surface area contributed by atoms with E-state index in [0.29, 0.717) is 12.3 Å². The molecule has 2 aromatic carbocycles. The fraction of sp³-hybridized carbons (Fsp3) is 0.133. The van der Waals surface area contributed by atoms with Gasteiger partial charge in [0.05, 0.1) is 16.1 Å². The maximum absolute atomic E-state index is 13.3. The van der Waals surface area contributed by atoms with Gasteiger partial charge in [-0.2, -0.15) is 0 Å². The molecule has 5 heteroatoms. The highest BCUT2D eigenvalue weighted by atomic mass is 35.5. The van der Waals surface area contributed by atoms with Gasteiger partial charge in [0, 0.05) is 18.0 Å². The van der Waals surface area contributed by atoms with Crippen LogP contribution in [-0.2, 0) is 6.42 Å². The SMILES string of the molecule is Fc1ccc(-n2c(CCCl)nc3ccccc32)cc1Cl. The zero-order valence-electron chi connectivity index (χ0n) is 10.5. The Labute approximate surface area is 125 Å². The summed E-state index contributed by atoms with van der Waals surface area (Å²) in [6.45, 7) is 0. The van der Waals surface area contributed by atoms with Crippen LogP contribution in [0.3, 0.4) is 0 Å². The summed E-state index contributed by atoms with van der Waals surface area (Å²) in [5.41, 5.74) is 2.62. The molecule has 0 radical (unpaired) electrons. The number of imidazole rings is 1. The van der Waals surface area contributed by atoms with Gasteiger partial charge >= 0.3 is 0 Å². The summed E-state index contributed by atoms with van der Waals surface area (Å²) in [4.78, 5) is 4.57. The number of rotatable bonds is 3. The average Bonchev–Trinajstić information content (AvgIpc) is 2.80. The van der Waals surface area contributed by atoms with Crippen molar-refractivity contribution in [2.24, 2.45) is 0 Å². The standard InChI is InChI=1S/C15H11Cl2FN2/c16-8-7-15-19-13-3-1-2-4-14(13)20(15)10-5-6-12(18)11(17)9-10/h1-6,9H,7-8H2. The minimum Gasteiger partial charge on any atom is -0.296 e. The van der Waals surface area contributed by atoms with E-state index >= 15 is 0 Å². The second kappa shape index (κ2) is 5.43. The predicted molar refractivity (Wildman–Crippen MR) is 80.5 cm³/mol. The first-order valence-corrected chi connectivity index (χ1v) is 7.09. The van der Waals surface area contributed by atoms with Gasteiger partial charge in [-0.3, -0.25) is 4.57 Å². The minimum absolute atomic E-state index is 0.0945. The Morgan fingerprint density at radius 3 is 2.70 bits per heavy atom. The summed E-state index contributed by atoms with van der Waals surface area (Å²) < 4.78 is 15.3. The number of nitrogens with zero attached hydrogens (tertiary/aromatic N) is 2. The van der Waals surface area contributed by atoms with Crippen molar-refractivity contribution in [2.75, 3.05) is 5.88 Å². The quantitative estimate of drug-likeness (QED) is 0.647. The van der Waals surface area contributed by atoms with Crippen LogP contribution in [0.5, 0.6) is 0 Å². The lowest BCUT2D eigenvalue weighted by Crippen LogP contribution is -2.02. The molecule has 0 N–H and O–H groups in total. The molecule has 3 rings (SSSR count). The number of halogens is 3. The third kappa shape index (κ3) is 2.28. The van der Waals surface area contributed by atoms with Gasteiger partial charge in [-0.1, -0.05) is 23.7 Å². The molecule has 2 nitrogen and oxygen atoms in total. The topological polar surface area (TPSA) is 17.8 Å². The summed E-state index contributed by atoms with van der Waals surface area (Å²) in [7, 11) is 0. The van der Waals surface area contributed by atoms with Crippen molar-refractivity contribution in [3.63, 3.8) is 0 Å². The number of aryl methyl sites for hydroxylation is 1. The molecule has 0 unspecified atom stereocenters. The summed E-state index contributed by atoms with van der Waals surface area (Å²) in [6.07, 6.45) is 0.630. The van der Waals surface area contributed by atoms with E-state index in [4.69, 9.17) is 23.2 Å². The smallest absolute Gasteiger partial charge is 0.141 e. The van der Waals surface area contributed by atoms with Crippen LogP contribution >= 0.6 is 23.2 Å². The van der Waals surface area contributed by atoms with Gasteiger partial charge in [0.1, 0.15) is 11.6 Å². The fourth-order valence-corrected chi connectivity index (χ4v) is 2.58. The third-order valence-electron chi connectivity index (χ3n) is 3.11. The molecule has 0 saturated heterocycles. The maximum atomic E-state index is 13.3. The van der Waals surface area contributed by atoms with E-state index in [9.17, 15) is 4.39 Å². The van der Waals surface area contributed by atoms with Crippen molar-refractivity contribution < 1.29 is 4.39 Å². The van der Waals surface area contributed by atoms with Crippen molar-refractivity contribution in [2.45, 2.75) is 6.42 Å². The van der Waals surface area contributed by atoms with Gasteiger partial charge in [0.2, 0.25) is 0 Å². The van der Waals surface area contributed by atoms with Gasteiger partial charge < -0.3 is 0 Å². The lowest BCUT2D eigenvalue weighted by molar-refractivity contribution is 0.627. The van der Waals surface area contributed by atoms with Gasteiger partial charge in [-0.05, 0) is 30.3 Å². The Morgan fingerprint density at radius 1 is 1.15 bits per heavy atom. The summed E-state index contributed by atoms with van der Waals surface area (Å²) >= 11 is 11.7. The Hall–Kier alpha value is -1.58. The second-order valence-corrected chi connectivity index (χ2v) is 5.17. The highest BCUT2D eigenvalue weighted by Gasteiger charge is 2.12. The van der Waals surface area contributed by atoms with E-state index in [1.807, 2.05) is 28.8 Å². The number of para-hydroxylation sites is 2. The van der Waals surface area contributed by atoms with Crippen LogP contribution in [0.2, 0.25) is 5.02 Å². The van der Waals surface area contributed by atoms with E-state index < -0.39 is 5.82 Å². The van der Waals surface area contributed by atoms with Crippen molar-refractivity contribution >= 4 is 34.2 Å². The van der Waals surface area contributed by atoms with Crippen molar-refractivity contribution in [3.05, 3.63) is 59.1 Å². The van der Waals surface area contributed by atoms with Crippen LogP contribution in [-0.4, -0.2) is 15.4 Å². The van der Waals surface area contributed by atoms with Crippen molar-refractivity contribution in [3.8, 4) is 5.69 Å². The molecule has 0 atom stereocenters. The molecule has 102 valence electrons. The Morgan fingerprint density at radius 2 is 1.95 bits per heavy atom. The molecule has 0 saturated carbocycles. The van der Waals surface area contributed by atoms with Crippen LogP contribution in [0, 0.1) is 5.82 Å². The average molecular weight is 309 g/mol. The molecule has 0 aliphatic carbocycles. The number of hydrogen-bond donors (Lipinski definition) is 0. The first-order valence-electron chi connectivity index (χ1n) is 6.18. The number of hydrogen-bond acceptors (Lipinski definition) is 1. The lowest BCUT2D eigenvalue weighted by Gasteiger charge is -2.09. The summed E-state index contributed by atoms with van der Waals surface area (Å²) in [5, 5.41) is 0.0945. The zero-order chi connectivity index (χ0) is 14.1. The predicted octanol–water partition coefficient (Wildman–Crippen LogP) is 4.60. The highest BCUT2D eigenvalue weighted by molar-refractivity contribution is 6.30. The van der Waals surface area contributed by atoms with Crippen LogP contribution in [0.4, 0.5) is 4.39 Å². The molecule has 0 spiro atoms. The normalized spacial score (nSPS) is 11.2. The molecule has 20 heavy (non-hydrogen) atoms. The van der Waals surface area contributed by atoms with E-state index in [2.05, 4.69) is 4.98 Å². The molecule has 0 aliphatic heterocycles. The second-order valence-electron chi connectivity index (χ2n) is 4.39. The molecular formula is C15H11Cl2FN2. The van der Waals surface area contributed by atoms with Crippen molar-refractivity contribution in [1.82, 2.24) is 9.55 Å². The van der Waals surface area contributed by atoms with Gasteiger partial charge in [-0.25, -0.2) is 9.37 Å². The number of fused-ring (bicyclic) bond motifs is 1. The van der Waals surface area contributed by atoms with Gasteiger partial charge in [0.15, 0.2) is 0 Å².